The van der Waals surface area contributed by atoms with Crippen LogP contribution < -0.4 is 4.57 Å². The average Bonchev–Trinajstić information content (AvgIpc) is 2.49. The minimum atomic E-state index is 1.02. The lowest BCUT2D eigenvalue weighted by Gasteiger charge is -2.07. The van der Waals surface area contributed by atoms with Gasteiger partial charge in [-0.2, -0.15) is 0 Å². The molecule has 0 fully saturated rings. The van der Waals surface area contributed by atoms with Crippen LogP contribution in [0.3, 0.4) is 0 Å². The lowest BCUT2D eigenvalue weighted by atomic mass is 10.0. The van der Waals surface area contributed by atoms with Gasteiger partial charge in [0.15, 0.2) is 6.20 Å². The number of hydrogen-bond acceptors (Lipinski definition) is 1. The molecule has 3 aromatic rings. The first-order valence-corrected chi connectivity index (χ1v) is 7.15. The Morgan fingerprint density at radius 2 is 1.71 bits per heavy atom. The zero-order chi connectivity index (χ0) is 14.8. The van der Waals surface area contributed by atoms with Gasteiger partial charge in [-0.15, -0.1) is 0 Å². The molecule has 0 amide bonds. The predicted octanol–water partition coefficient (Wildman–Crippen LogP) is 3.86. The molecule has 0 saturated heterocycles. The number of hydrogen-bond donors (Lipinski definition) is 0. The van der Waals surface area contributed by atoms with Gasteiger partial charge >= 0.3 is 0 Å². The number of pyridine rings is 2. The second-order valence-corrected chi connectivity index (χ2v) is 5.39. The van der Waals surface area contributed by atoms with E-state index in [1.807, 2.05) is 13.0 Å². The first-order valence-electron chi connectivity index (χ1n) is 7.15. The molecule has 2 heteroatoms. The van der Waals surface area contributed by atoms with Crippen molar-refractivity contribution in [2.24, 2.45) is 7.05 Å². The van der Waals surface area contributed by atoms with E-state index in [9.17, 15) is 0 Å². The average molecular weight is 275 g/mol. The molecule has 0 aliphatic rings. The van der Waals surface area contributed by atoms with E-state index in [0.717, 1.165) is 17.0 Å². The van der Waals surface area contributed by atoms with E-state index in [2.05, 4.69) is 78.3 Å². The number of nitrogens with zero attached hydrogens (tertiary/aromatic N) is 2. The number of rotatable bonds is 2. The summed E-state index contributed by atoms with van der Waals surface area (Å²) >= 11 is 0. The summed E-state index contributed by atoms with van der Waals surface area (Å²) in [6.07, 6.45) is 2.10. The molecule has 0 radical (unpaired) electrons. The van der Waals surface area contributed by atoms with Gasteiger partial charge < -0.3 is 0 Å². The quantitative estimate of drug-likeness (QED) is 0.649. The van der Waals surface area contributed by atoms with Crippen molar-refractivity contribution >= 4 is 0 Å². The van der Waals surface area contributed by atoms with E-state index in [4.69, 9.17) is 0 Å². The fraction of sp³-hybridized carbons (Fsp3) is 0.158. The number of benzene rings is 1. The third-order valence-corrected chi connectivity index (χ3v) is 3.76. The molecule has 0 unspecified atom stereocenters. The molecule has 2 heterocycles. The molecular weight excluding hydrogens is 256 g/mol. The molecule has 0 atom stereocenters. The summed E-state index contributed by atoms with van der Waals surface area (Å²) in [7, 11) is 2.08. The maximum Gasteiger partial charge on any atom is 0.213 e. The highest BCUT2D eigenvalue weighted by Gasteiger charge is 2.14. The minimum absolute atomic E-state index is 1.02. The van der Waals surface area contributed by atoms with Crippen molar-refractivity contribution < 1.29 is 4.57 Å². The van der Waals surface area contributed by atoms with Gasteiger partial charge in [-0.05, 0) is 37.6 Å². The van der Waals surface area contributed by atoms with Crippen molar-refractivity contribution in [3.05, 3.63) is 72.1 Å². The summed E-state index contributed by atoms with van der Waals surface area (Å²) in [6, 6.07) is 18.9. The molecule has 0 N–H and O–H groups in total. The standard InChI is InChI=1S/C19H19N2/c1-14-7-4-5-9-17(14)19-13-16(11-12-21(19)3)18-10-6-8-15(2)20-18/h4-13H,1-3H3/q+1. The molecule has 1 aromatic carbocycles. The predicted molar refractivity (Wildman–Crippen MR) is 85.8 cm³/mol. The smallest absolute Gasteiger partial charge is 0.213 e. The topological polar surface area (TPSA) is 16.8 Å². The summed E-state index contributed by atoms with van der Waals surface area (Å²) in [5.41, 5.74) is 6.95. The third-order valence-electron chi connectivity index (χ3n) is 3.76. The zero-order valence-electron chi connectivity index (χ0n) is 12.7. The van der Waals surface area contributed by atoms with Crippen LogP contribution in [0.25, 0.3) is 22.5 Å². The van der Waals surface area contributed by atoms with Crippen LogP contribution in [0.4, 0.5) is 0 Å². The van der Waals surface area contributed by atoms with Gasteiger partial charge in [-0.3, -0.25) is 4.98 Å². The zero-order valence-corrected chi connectivity index (χ0v) is 12.7. The van der Waals surface area contributed by atoms with Crippen LogP contribution in [-0.4, -0.2) is 4.98 Å². The molecule has 0 aliphatic heterocycles. The van der Waals surface area contributed by atoms with Crippen molar-refractivity contribution in [3.8, 4) is 22.5 Å². The van der Waals surface area contributed by atoms with Crippen LogP contribution in [0.2, 0.25) is 0 Å². The maximum absolute atomic E-state index is 4.62. The first kappa shape index (κ1) is 13.5. The number of aryl methyl sites for hydroxylation is 3. The minimum Gasteiger partial charge on any atom is -0.253 e. The van der Waals surface area contributed by atoms with Crippen LogP contribution in [0.15, 0.2) is 60.8 Å². The number of aromatic nitrogens is 2. The van der Waals surface area contributed by atoms with Gasteiger partial charge in [0.2, 0.25) is 5.69 Å². The fourth-order valence-corrected chi connectivity index (χ4v) is 2.56. The maximum atomic E-state index is 4.62. The molecule has 104 valence electrons. The highest BCUT2D eigenvalue weighted by Crippen LogP contribution is 2.24. The van der Waals surface area contributed by atoms with Crippen molar-refractivity contribution in [1.29, 1.82) is 0 Å². The highest BCUT2D eigenvalue weighted by atomic mass is 14.9. The SMILES string of the molecule is Cc1cccc(-c2cc[n+](C)c(-c3ccccc3C)c2)n1. The second kappa shape index (κ2) is 5.49. The Morgan fingerprint density at radius 3 is 2.48 bits per heavy atom. The van der Waals surface area contributed by atoms with Crippen LogP contribution >= 0.6 is 0 Å². The molecule has 2 aromatic heterocycles. The normalized spacial score (nSPS) is 10.6. The van der Waals surface area contributed by atoms with Crippen molar-refractivity contribution in [3.63, 3.8) is 0 Å². The Morgan fingerprint density at radius 1 is 0.905 bits per heavy atom. The Kier molecular flexibility index (Phi) is 3.53. The summed E-state index contributed by atoms with van der Waals surface area (Å²) in [6.45, 7) is 4.17. The molecule has 0 bridgehead atoms. The van der Waals surface area contributed by atoms with Crippen LogP contribution in [0.1, 0.15) is 11.3 Å². The molecule has 0 spiro atoms. The lowest BCUT2D eigenvalue weighted by molar-refractivity contribution is -0.660. The van der Waals surface area contributed by atoms with Crippen molar-refractivity contribution in [2.45, 2.75) is 13.8 Å². The van der Waals surface area contributed by atoms with E-state index >= 15 is 0 Å². The molecule has 3 rings (SSSR count). The van der Waals surface area contributed by atoms with Crippen LogP contribution in [0, 0.1) is 13.8 Å². The van der Waals surface area contributed by atoms with E-state index in [1.165, 1.54) is 16.8 Å². The molecular formula is C19H19N2+. The van der Waals surface area contributed by atoms with Crippen LogP contribution in [-0.2, 0) is 7.05 Å². The van der Waals surface area contributed by atoms with E-state index in [1.54, 1.807) is 0 Å². The Bertz CT molecular complexity index is 791. The van der Waals surface area contributed by atoms with Gasteiger partial charge in [0, 0.05) is 29.0 Å². The van der Waals surface area contributed by atoms with Gasteiger partial charge in [-0.1, -0.05) is 24.3 Å². The van der Waals surface area contributed by atoms with Gasteiger partial charge in [-0.25, -0.2) is 4.57 Å². The molecule has 2 nitrogen and oxygen atoms in total. The second-order valence-electron chi connectivity index (χ2n) is 5.39. The summed E-state index contributed by atoms with van der Waals surface area (Å²) in [5, 5.41) is 0. The molecule has 0 saturated carbocycles. The molecule has 21 heavy (non-hydrogen) atoms. The fourth-order valence-electron chi connectivity index (χ4n) is 2.56. The van der Waals surface area contributed by atoms with Crippen LogP contribution in [0.5, 0.6) is 0 Å². The monoisotopic (exact) mass is 275 g/mol. The summed E-state index contributed by atoms with van der Waals surface area (Å²) in [5.74, 6) is 0. The highest BCUT2D eigenvalue weighted by molar-refractivity contribution is 5.68. The summed E-state index contributed by atoms with van der Waals surface area (Å²) in [4.78, 5) is 4.62. The Hall–Kier alpha value is -2.48. The van der Waals surface area contributed by atoms with Gasteiger partial charge in [0.1, 0.15) is 7.05 Å². The van der Waals surface area contributed by atoms with E-state index in [-0.39, 0.29) is 0 Å². The van der Waals surface area contributed by atoms with Gasteiger partial charge in [0.05, 0.1) is 5.69 Å². The van der Waals surface area contributed by atoms with E-state index in [0.29, 0.717) is 0 Å². The summed E-state index contributed by atoms with van der Waals surface area (Å²) < 4.78 is 2.15. The lowest BCUT2D eigenvalue weighted by Crippen LogP contribution is -2.30. The largest absolute Gasteiger partial charge is 0.253 e. The molecule has 0 aliphatic carbocycles. The first-order chi connectivity index (χ1) is 10.1. The van der Waals surface area contributed by atoms with Gasteiger partial charge in [0.25, 0.3) is 0 Å². The van der Waals surface area contributed by atoms with Crippen molar-refractivity contribution in [1.82, 2.24) is 4.98 Å². The van der Waals surface area contributed by atoms with Crippen molar-refractivity contribution in [2.75, 3.05) is 0 Å². The Labute approximate surface area is 125 Å². The van der Waals surface area contributed by atoms with E-state index < -0.39 is 0 Å². The Balaban J connectivity index is 2.15. The third kappa shape index (κ3) is 2.70.